The van der Waals surface area contributed by atoms with Crippen LogP contribution in [0.4, 0.5) is 4.39 Å². The highest BCUT2D eigenvalue weighted by molar-refractivity contribution is 5.50. The van der Waals surface area contributed by atoms with Crippen molar-refractivity contribution in [1.29, 1.82) is 0 Å². The molecule has 2 aromatic heterocycles. The van der Waals surface area contributed by atoms with E-state index in [-0.39, 0.29) is 11.7 Å². The van der Waals surface area contributed by atoms with Gasteiger partial charge in [0.1, 0.15) is 5.82 Å². The molecule has 1 fully saturated rings. The van der Waals surface area contributed by atoms with Gasteiger partial charge in [0, 0.05) is 36.6 Å². The Morgan fingerprint density at radius 2 is 1.96 bits per heavy atom. The average Bonchev–Trinajstić information content (AvgIpc) is 3.15. The molecule has 6 heteroatoms. The van der Waals surface area contributed by atoms with E-state index in [2.05, 4.69) is 20.1 Å². The van der Waals surface area contributed by atoms with Crippen molar-refractivity contribution in [3.63, 3.8) is 0 Å². The van der Waals surface area contributed by atoms with Crippen LogP contribution in [0, 0.1) is 5.82 Å². The van der Waals surface area contributed by atoms with Crippen molar-refractivity contribution in [3.05, 3.63) is 66.1 Å². The van der Waals surface area contributed by atoms with Crippen LogP contribution in [0.1, 0.15) is 30.2 Å². The van der Waals surface area contributed by atoms with Gasteiger partial charge in [-0.15, -0.1) is 10.2 Å². The Labute approximate surface area is 145 Å². The predicted octanol–water partition coefficient (Wildman–Crippen LogP) is 3.65. The van der Waals surface area contributed by atoms with Crippen LogP contribution in [0.25, 0.3) is 11.5 Å². The molecule has 1 aliphatic rings. The molecule has 3 aromatic rings. The van der Waals surface area contributed by atoms with Gasteiger partial charge in [-0.1, -0.05) is 18.2 Å². The van der Waals surface area contributed by atoms with Crippen molar-refractivity contribution in [2.24, 2.45) is 0 Å². The highest BCUT2D eigenvalue weighted by Crippen LogP contribution is 2.29. The summed E-state index contributed by atoms with van der Waals surface area (Å²) in [6.07, 6.45) is 5.45. The lowest BCUT2D eigenvalue weighted by Crippen LogP contribution is -2.34. The minimum atomic E-state index is -0.151. The van der Waals surface area contributed by atoms with Gasteiger partial charge >= 0.3 is 0 Å². The lowest BCUT2D eigenvalue weighted by molar-refractivity contribution is 0.184. The largest absolute Gasteiger partial charge is 0.420 e. The fraction of sp³-hybridized carbons (Fsp3) is 0.316. The molecule has 4 rings (SSSR count). The van der Waals surface area contributed by atoms with E-state index < -0.39 is 0 Å². The number of pyridine rings is 1. The molecule has 0 N–H and O–H groups in total. The van der Waals surface area contributed by atoms with Crippen LogP contribution >= 0.6 is 0 Å². The zero-order valence-electron chi connectivity index (χ0n) is 13.8. The van der Waals surface area contributed by atoms with E-state index in [1.165, 1.54) is 6.07 Å². The number of hydrogen-bond donors (Lipinski definition) is 0. The summed E-state index contributed by atoms with van der Waals surface area (Å²) in [7, 11) is 0. The van der Waals surface area contributed by atoms with Gasteiger partial charge in [0.25, 0.3) is 0 Å². The molecule has 1 saturated heterocycles. The molecule has 1 aliphatic heterocycles. The van der Waals surface area contributed by atoms with E-state index in [1.54, 1.807) is 18.5 Å². The molecule has 5 nitrogen and oxygen atoms in total. The Morgan fingerprint density at radius 3 is 2.80 bits per heavy atom. The van der Waals surface area contributed by atoms with Crippen molar-refractivity contribution < 1.29 is 8.81 Å². The normalized spacial score (nSPS) is 18.4. The quantitative estimate of drug-likeness (QED) is 0.727. The van der Waals surface area contributed by atoms with Crippen LogP contribution in [0.2, 0.25) is 0 Å². The molecular formula is C19H19FN4O. The number of benzene rings is 1. The molecule has 128 valence electrons. The molecule has 0 saturated carbocycles. The SMILES string of the molecule is Fc1ccccc1CN1CCCC(c2nnc(-c3ccncc3)o2)C1. The third-order valence-corrected chi connectivity index (χ3v) is 4.57. The summed E-state index contributed by atoms with van der Waals surface area (Å²) in [5.41, 5.74) is 1.60. The first-order chi connectivity index (χ1) is 12.3. The molecule has 0 spiro atoms. The van der Waals surface area contributed by atoms with E-state index >= 15 is 0 Å². The lowest BCUT2D eigenvalue weighted by atomic mass is 9.97. The van der Waals surface area contributed by atoms with Gasteiger partial charge in [0.15, 0.2) is 0 Å². The Morgan fingerprint density at radius 1 is 1.12 bits per heavy atom. The second kappa shape index (κ2) is 7.11. The van der Waals surface area contributed by atoms with Crippen molar-refractivity contribution in [1.82, 2.24) is 20.1 Å². The van der Waals surface area contributed by atoms with E-state index in [4.69, 9.17) is 4.42 Å². The van der Waals surface area contributed by atoms with Crippen molar-refractivity contribution in [3.8, 4) is 11.5 Å². The van der Waals surface area contributed by atoms with E-state index in [0.717, 1.165) is 37.1 Å². The molecule has 25 heavy (non-hydrogen) atoms. The Bertz CT molecular complexity index is 836. The van der Waals surface area contributed by atoms with Crippen LogP contribution < -0.4 is 0 Å². The van der Waals surface area contributed by atoms with Gasteiger partial charge in [0.2, 0.25) is 11.8 Å². The maximum absolute atomic E-state index is 13.9. The van der Waals surface area contributed by atoms with Gasteiger partial charge in [-0.3, -0.25) is 9.88 Å². The Balaban J connectivity index is 1.46. The summed E-state index contributed by atoms with van der Waals surface area (Å²) in [5, 5.41) is 8.40. The molecule has 1 atom stereocenters. The summed E-state index contributed by atoms with van der Waals surface area (Å²) in [5.74, 6) is 1.21. The molecule has 0 bridgehead atoms. The number of nitrogens with zero attached hydrogens (tertiary/aromatic N) is 4. The summed E-state index contributed by atoms with van der Waals surface area (Å²) in [4.78, 5) is 6.25. The maximum atomic E-state index is 13.9. The monoisotopic (exact) mass is 338 g/mol. The minimum Gasteiger partial charge on any atom is -0.420 e. The van der Waals surface area contributed by atoms with Gasteiger partial charge in [-0.05, 0) is 37.6 Å². The topological polar surface area (TPSA) is 55.1 Å². The van der Waals surface area contributed by atoms with Gasteiger partial charge in [-0.2, -0.15) is 0 Å². The van der Waals surface area contributed by atoms with E-state index in [9.17, 15) is 4.39 Å². The summed E-state index contributed by atoms with van der Waals surface area (Å²) >= 11 is 0. The predicted molar refractivity (Wildman–Crippen MR) is 91.2 cm³/mol. The summed E-state index contributed by atoms with van der Waals surface area (Å²) in [6.45, 7) is 2.36. The van der Waals surface area contributed by atoms with Gasteiger partial charge < -0.3 is 4.42 Å². The third-order valence-electron chi connectivity index (χ3n) is 4.57. The standard InChI is InChI=1S/C19H19FN4O/c20-17-6-2-1-4-15(17)12-24-11-3-5-16(13-24)19-23-22-18(25-19)14-7-9-21-10-8-14/h1-2,4,6-10,16H,3,5,11-13H2. The molecular weight excluding hydrogens is 319 g/mol. The first-order valence-corrected chi connectivity index (χ1v) is 8.49. The number of aromatic nitrogens is 3. The van der Waals surface area contributed by atoms with Crippen LogP contribution in [0.15, 0.2) is 53.2 Å². The highest BCUT2D eigenvalue weighted by atomic mass is 19.1. The van der Waals surface area contributed by atoms with Crippen molar-refractivity contribution >= 4 is 0 Å². The Kier molecular flexibility index (Phi) is 4.52. The van der Waals surface area contributed by atoms with Crippen LogP contribution in [0.3, 0.4) is 0 Å². The van der Waals surface area contributed by atoms with E-state index in [1.807, 2.05) is 24.3 Å². The number of likely N-dealkylation sites (tertiary alicyclic amines) is 1. The number of halogens is 1. The smallest absolute Gasteiger partial charge is 0.247 e. The van der Waals surface area contributed by atoms with Crippen molar-refractivity contribution in [2.75, 3.05) is 13.1 Å². The molecule has 3 heterocycles. The number of rotatable bonds is 4. The minimum absolute atomic E-state index is 0.151. The number of hydrogen-bond acceptors (Lipinski definition) is 5. The van der Waals surface area contributed by atoms with Crippen LogP contribution in [-0.4, -0.2) is 33.2 Å². The zero-order valence-corrected chi connectivity index (χ0v) is 13.8. The first kappa shape index (κ1) is 15.9. The fourth-order valence-corrected chi connectivity index (χ4v) is 3.28. The highest BCUT2D eigenvalue weighted by Gasteiger charge is 2.26. The second-order valence-corrected chi connectivity index (χ2v) is 6.35. The average molecular weight is 338 g/mol. The lowest BCUT2D eigenvalue weighted by Gasteiger charge is -2.31. The first-order valence-electron chi connectivity index (χ1n) is 8.49. The maximum Gasteiger partial charge on any atom is 0.247 e. The molecule has 1 aromatic carbocycles. The van der Waals surface area contributed by atoms with Gasteiger partial charge in [0.05, 0.1) is 5.92 Å². The summed E-state index contributed by atoms with van der Waals surface area (Å²) < 4.78 is 19.8. The third kappa shape index (κ3) is 3.58. The van der Waals surface area contributed by atoms with Crippen LogP contribution in [-0.2, 0) is 6.54 Å². The second-order valence-electron chi connectivity index (χ2n) is 6.35. The van der Waals surface area contributed by atoms with Gasteiger partial charge in [-0.25, -0.2) is 4.39 Å². The fourth-order valence-electron chi connectivity index (χ4n) is 3.28. The number of piperidine rings is 1. The molecule has 0 aliphatic carbocycles. The summed E-state index contributed by atoms with van der Waals surface area (Å²) in [6, 6.07) is 10.6. The molecule has 0 radical (unpaired) electrons. The molecule has 1 unspecified atom stereocenters. The molecule has 0 amide bonds. The Hall–Kier alpha value is -2.60. The van der Waals surface area contributed by atoms with Crippen molar-refractivity contribution in [2.45, 2.75) is 25.3 Å². The zero-order chi connectivity index (χ0) is 17.1. The van der Waals surface area contributed by atoms with Crippen LogP contribution in [0.5, 0.6) is 0 Å². The van der Waals surface area contributed by atoms with E-state index in [0.29, 0.717) is 18.3 Å².